The number of nitrogens with one attached hydrogen (secondary N) is 1. The summed E-state index contributed by atoms with van der Waals surface area (Å²) in [5.74, 6) is 3.14. The van der Waals surface area contributed by atoms with Gasteiger partial charge >= 0.3 is 6.09 Å². The fourth-order valence-electron chi connectivity index (χ4n) is 3.64. The lowest BCUT2D eigenvalue weighted by molar-refractivity contribution is 0.0827. The molecule has 2 aliphatic rings. The summed E-state index contributed by atoms with van der Waals surface area (Å²) in [5.41, 5.74) is 1.23. The number of ether oxygens (including phenoxy) is 2. The van der Waals surface area contributed by atoms with Crippen molar-refractivity contribution in [3.8, 4) is 0 Å². The van der Waals surface area contributed by atoms with Gasteiger partial charge in [0.15, 0.2) is 0 Å². The molecule has 0 spiro atoms. The van der Waals surface area contributed by atoms with Crippen molar-refractivity contribution in [2.75, 3.05) is 26.9 Å². The van der Waals surface area contributed by atoms with E-state index in [0.29, 0.717) is 18.4 Å². The predicted octanol–water partition coefficient (Wildman–Crippen LogP) is 3.43. The van der Waals surface area contributed by atoms with Gasteiger partial charge in [-0.25, -0.2) is 9.78 Å². The zero-order valence-corrected chi connectivity index (χ0v) is 15.5. The predicted molar refractivity (Wildman–Crippen MR) is 95.8 cm³/mol. The third-order valence-electron chi connectivity index (χ3n) is 5.33. The number of carbonyl (C=O) groups is 1. The third-order valence-corrected chi connectivity index (χ3v) is 5.33. The maximum absolute atomic E-state index is 11.2. The van der Waals surface area contributed by atoms with Crippen molar-refractivity contribution < 1.29 is 14.3 Å². The number of rotatable bonds is 8. The summed E-state index contributed by atoms with van der Waals surface area (Å²) < 4.78 is 12.4. The topological polar surface area (TPSA) is 65.4 Å². The highest BCUT2D eigenvalue weighted by Gasteiger charge is 2.27. The fraction of sp³-hybridized carbons (Fsp3) is 0.789. The Morgan fingerprint density at radius 2 is 2.16 bits per heavy atom. The van der Waals surface area contributed by atoms with Gasteiger partial charge in [0.25, 0.3) is 0 Å². The molecule has 1 aromatic rings. The molecule has 1 aromatic heterocycles. The Bertz CT molecular complexity index is 562. The lowest BCUT2D eigenvalue weighted by Crippen LogP contribution is -2.25. The van der Waals surface area contributed by atoms with Crippen LogP contribution in [0.3, 0.4) is 0 Å². The zero-order valence-electron chi connectivity index (χ0n) is 15.5. The standard InChI is InChI=1S/C19H31N3O3/c1-14(12-15-4-5-15)17-13-22(9-3-8-20-19(23)24-2)18(21-17)16-6-10-25-11-7-16/h13-16H,3-12H2,1-2H3,(H,20,23). The van der Waals surface area contributed by atoms with E-state index < -0.39 is 0 Å². The summed E-state index contributed by atoms with van der Waals surface area (Å²) in [4.78, 5) is 16.2. The molecule has 6 heteroatoms. The lowest BCUT2D eigenvalue weighted by atomic mass is 9.99. The number of carbonyl (C=O) groups excluding carboxylic acids is 1. The lowest BCUT2D eigenvalue weighted by Gasteiger charge is -2.22. The largest absolute Gasteiger partial charge is 0.453 e. The van der Waals surface area contributed by atoms with Crippen molar-refractivity contribution in [2.45, 2.75) is 63.8 Å². The first-order valence-corrected chi connectivity index (χ1v) is 9.64. The van der Waals surface area contributed by atoms with Crippen LogP contribution in [0.1, 0.15) is 68.8 Å². The number of aromatic nitrogens is 2. The highest BCUT2D eigenvalue weighted by atomic mass is 16.5. The van der Waals surface area contributed by atoms with E-state index in [1.165, 1.54) is 37.9 Å². The van der Waals surface area contributed by atoms with Gasteiger partial charge in [0.1, 0.15) is 5.82 Å². The first kappa shape index (κ1) is 18.2. The van der Waals surface area contributed by atoms with E-state index in [9.17, 15) is 4.79 Å². The van der Waals surface area contributed by atoms with E-state index in [1.807, 2.05) is 0 Å². The molecule has 3 rings (SSSR count). The Morgan fingerprint density at radius 3 is 2.84 bits per heavy atom. The SMILES string of the molecule is COC(=O)NCCCn1cc(C(C)CC2CC2)nc1C1CCOCC1. The maximum Gasteiger partial charge on any atom is 0.406 e. The van der Waals surface area contributed by atoms with E-state index in [2.05, 4.69) is 27.7 Å². The highest BCUT2D eigenvalue weighted by molar-refractivity contribution is 5.66. The third kappa shape index (κ3) is 5.21. The molecule has 1 saturated carbocycles. The maximum atomic E-state index is 11.2. The van der Waals surface area contributed by atoms with Crippen LogP contribution in [0.25, 0.3) is 0 Å². The smallest absolute Gasteiger partial charge is 0.406 e. The Kier molecular flexibility index (Phi) is 6.34. The minimum absolute atomic E-state index is 0.367. The average Bonchev–Trinajstić information content (AvgIpc) is 3.35. The molecular formula is C19H31N3O3. The molecule has 1 amide bonds. The quantitative estimate of drug-likeness (QED) is 0.730. The number of aryl methyl sites for hydroxylation is 1. The zero-order chi connectivity index (χ0) is 17.6. The summed E-state index contributed by atoms with van der Waals surface area (Å²) in [5, 5.41) is 2.75. The van der Waals surface area contributed by atoms with Crippen molar-refractivity contribution in [1.29, 1.82) is 0 Å². The van der Waals surface area contributed by atoms with Crippen LogP contribution in [0.15, 0.2) is 6.20 Å². The van der Waals surface area contributed by atoms with Crippen molar-refractivity contribution in [1.82, 2.24) is 14.9 Å². The van der Waals surface area contributed by atoms with Gasteiger partial charge < -0.3 is 19.4 Å². The molecule has 2 fully saturated rings. The van der Waals surface area contributed by atoms with E-state index in [-0.39, 0.29) is 6.09 Å². The summed E-state index contributed by atoms with van der Waals surface area (Å²) in [6.07, 6.45) is 8.88. The monoisotopic (exact) mass is 349 g/mol. The van der Waals surface area contributed by atoms with Crippen LogP contribution >= 0.6 is 0 Å². The van der Waals surface area contributed by atoms with E-state index in [1.54, 1.807) is 0 Å². The van der Waals surface area contributed by atoms with Crippen LogP contribution in [0.2, 0.25) is 0 Å². The Hall–Kier alpha value is -1.56. The molecule has 1 unspecified atom stereocenters. The molecule has 1 aliphatic carbocycles. The molecule has 0 radical (unpaired) electrons. The molecule has 25 heavy (non-hydrogen) atoms. The summed E-state index contributed by atoms with van der Waals surface area (Å²) in [6, 6.07) is 0. The van der Waals surface area contributed by atoms with Crippen molar-refractivity contribution >= 4 is 6.09 Å². The van der Waals surface area contributed by atoms with Gasteiger partial charge in [-0.05, 0) is 31.6 Å². The first-order valence-electron chi connectivity index (χ1n) is 9.64. The number of methoxy groups -OCH3 is 1. The van der Waals surface area contributed by atoms with Gasteiger partial charge in [-0.1, -0.05) is 19.8 Å². The van der Waals surface area contributed by atoms with E-state index in [4.69, 9.17) is 9.72 Å². The van der Waals surface area contributed by atoms with Gasteiger partial charge in [0, 0.05) is 44.3 Å². The normalized spacial score (nSPS) is 19.6. The minimum Gasteiger partial charge on any atom is -0.453 e. The number of alkyl carbamates (subject to hydrolysis) is 1. The molecule has 0 bridgehead atoms. The van der Waals surface area contributed by atoms with Gasteiger partial charge in [0.2, 0.25) is 0 Å². The first-order chi connectivity index (χ1) is 12.2. The van der Waals surface area contributed by atoms with Crippen molar-refractivity contribution in [2.24, 2.45) is 5.92 Å². The van der Waals surface area contributed by atoms with Gasteiger partial charge in [-0.2, -0.15) is 0 Å². The van der Waals surface area contributed by atoms with Gasteiger partial charge in [-0.3, -0.25) is 0 Å². The Morgan fingerprint density at radius 1 is 1.40 bits per heavy atom. The minimum atomic E-state index is -0.367. The fourth-order valence-corrected chi connectivity index (χ4v) is 3.64. The summed E-state index contributed by atoms with van der Waals surface area (Å²) in [6.45, 7) is 5.45. The second-order valence-electron chi connectivity index (χ2n) is 7.46. The number of hydrogen-bond donors (Lipinski definition) is 1. The highest BCUT2D eigenvalue weighted by Crippen LogP contribution is 2.38. The number of amides is 1. The van der Waals surface area contributed by atoms with E-state index in [0.717, 1.165) is 44.9 Å². The molecular weight excluding hydrogens is 318 g/mol. The van der Waals surface area contributed by atoms with Gasteiger partial charge in [-0.15, -0.1) is 0 Å². The molecule has 1 N–H and O–H groups in total. The van der Waals surface area contributed by atoms with Gasteiger partial charge in [0.05, 0.1) is 12.8 Å². The van der Waals surface area contributed by atoms with E-state index >= 15 is 0 Å². The molecule has 1 atom stereocenters. The van der Waals surface area contributed by atoms with Crippen LogP contribution in [-0.4, -0.2) is 42.5 Å². The van der Waals surface area contributed by atoms with Crippen LogP contribution in [-0.2, 0) is 16.0 Å². The second kappa shape index (κ2) is 8.70. The summed E-state index contributed by atoms with van der Waals surface area (Å²) >= 11 is 0. The number of imidazole rings is 1. The van der Waals surface area contributed by atoms with Crippen LogP contribution in [0.4, 0.5) is 4.79 Å². The van der Waals surface area contributed by atoms with Crippen LogP contribution < -0.4 is 5.32 Å². The molecule has 6 nitrogen and oxygen atoms in total. The van der Waals surface area contributed by atoms with Crippen molar-refractivity contribution in [3.63, 3.8) is 0 Å². The van der Waals surface area contributed by atoms with Crippen LogP contribution in [0.5, 0.6) is 0 Å². The molecule has 0 aromatic carbocycles. The molecule has 1 saturated heterocycles. The average molecular weight is 349 g/mol. The molecule has 140 valence electrons. The summed E-state index contributed by atoms with van der Waals surface area (Å²) in [7, 11) is 1.39. The van der Waals surface area contributed by atoms with Crippen LogP contribution in [0, 0.1) is 5.92 Å². The number of hydrogen-bond acceptors (Lipinski definition) is 4. The Labute approximate surface area is 150 Å². The van der Waals surface area contributed by atoms with Crippen molar-refractivity contribution in [3.05, 3.63) is 17.7 Å². The molecule has 2 heterocycles. The Balaban J connectivity index is 1.64. The number of nitrogens with zero attached hydrogens (tertiary/aromatic N) is 2. The molecule has 1 aliphatic heterocycles. The second-order valence-corrected chi connectivity index (χ2v) is 7.46.